The van der Waals surface area contributed by atoms with E-state index in [0.29, 0.717) is 35.9 Å². The summed E-state index contributed by atoms with van der Waals surface area (Å²) in [6, 6.07) is 6.99. The molecule has 6 heteroatoms. The molecule has 0 atom stereocenters. The van der Waals surface area contributed by atoms with Crippen molar-refractivity contribution in [2.24, 2.45) is 11.7 Å². The van der Waals surface area contributed by atoms with Crippen LogP contribution in [0.25, 0.3) is 11.0 Å². The topological polar surface area (TPSA) is 76.5 Å². The van der Waals surface area contributed by atoms with Crippen molar-refractivity contribution in [2.75, 3.05) is 13.1 Å². The summed E-state index contributed by atoms with van der Waals surface area (Å²) in [5.41, 5.74) is 5.87. The molecule has 5 nitrogen and oxygen atoms in total. The number of rotatable bonds is 3. The van der Waals surface area contributed by atoms with E-state index in [1.807, 2.05) is 0 Å². The van der Waals surface area contributed by atoms with Crippen LogP contribution in [-0.2, 0) is 4.79 Å². The standard InChI is InChI=1S/C16H17ClN2O3/c17-12-1-2-13-11(8-12)9-14(22-13)16(21)19-5-3-10(4-6-19)7-15(18)20/h1-2,8-10H,3-7H2,(H2,18,20). The molecule has 1 fully saturated rings. The number of nitrogens with two attached hydrogens (primary N) is 1. The van der Waals surface area contributed by atoms with Crippen LogP contribution in [0.5, 0.6) is 0 Å². The summed E-state index contributed by atoms with van der Waals surface area (Å²) in [5, 5.41) is 1.43. The maximum atomic E-state index is 12.5. The first kappa shape index (κ1) is 14.9. The lowest BCUT2D eigenvalue weighted by Gasteiger charge is -2.30. The first-order valence-corrected chi connectivity index (χ1v) is 7.67. The zero-order valence-corrected chi connectivity index (χ0v) is 12.8. The minimum atomic E-state index is -0.279. The van der Waals surface area contributed by atoms with Crippen molar-refractivity contribution in [2.45, 2.75) is 19.3 Å². The molecule has 0 radical (unpaired) electrons. The van der Waals surface area contributed by atoms with E-state index in [9.17, 15) is 9.59 Å². The zero-order valence-electron chi connectivity index (χ0n) is 12.0. The monoisotopic (exact) mass is 320 g/mol. The second-order valence-corrected chi connectivity index (χ2v) is 6.14. The zero-order chi connectivity index (χ0) is 15.7. The molecule has 116 valence electrons. The molecule has 0 bridgehead atoms. The van der Waals surface area contributed by atoms with Gasteiger partial charge >= 0.3 is 0 Å². The number of primary amides is 1. The van der Waals surface area contributed by atoms with Crippen LogP contribution in [0.1, 0.15) is 29.8 Å². The van der Waals surface area contributed by atoms with Gasteiger partial charge in [0.1, 0.15) is 5.58 Å². The second kappa shape index (κ2) is 6.01. The van der Waals surface area contributed by atoms with Gasteiger partial charge in [-0.15, -0.1) is 0 Å². The summed E-state index contributed by atoms with van der Waals surface area (Å²) in [7, 11) is 0. The number of hydrogen-bond donors (Lipinski definition) is 1. The van der Waals surface area contributed by atoms with Gasteiger partial charge in [0.2, 0.25) is 5.91 Å². The summed E-state index contributed by atoms with van der Waals surface area (Å²) in [6.07, 6.45) is 1.98. The van der Waals surface area contributed by atoms with Crippen molar-refractivity contribution in [3.63, 3.8) is 0 Å². The molecule has 0 aliphatic carbocycles. The average molecular weight is 321 g/mol. The number of hydrogen-bond acceptors (Lipinski definition) is 3. The van der Waals surface area contributed by atoms with Gasteiger partial charge in [0, 0.05) is 29.9 Å². The smallest absolute Gasteiger partial charge is 0.289 e. The van der Waals surface area contributed by atoms with Crippen molar-refractivity contribution < 1.29 is 14.0 Å². The molecular formula is C16H17ClN2O3. The van der Waals surface area contributed by atoms with Gasteiger partial charge in [-0.05, 0) is 43.0 Å². The van der Waals surface area contributed by atoms with Crippen molar-refractivity contribution in [1.29, 1.82) is 0 Å². The minimum absolute atomic E-state index is 0.121. The highest BCUT2D eigenvalue weighted by Crippen LogP contribution is 2.26. The van der Waals surface area contributed by atoms with E-state index in [2.05, 4.69) is 0 Å². The van der Waals surface area contributed by atoms with Crippen LogP contribution in [0, 0.1) is 5.92 Å². The normalized spacial score (nSPS) is 16.1. The maximum absolute atomic E-state index is 12.5. The highest BCUT2D eigenvalue weighted by molar-refractivity contribution is 6.31. The molecule has 1 aliphatic rings. The molecule has 1 aliphatic heterocycles. The fraction of sp³-hybridized carbons (Fsp3) is 0.375. The number of halogens is 1. The Morgan fingerprint density at radius 1 is 1.27 bits per heavy atom. The molecular weight excluding hydrogens is 304 g/mol. The predicted molar refractivity (Wildman–Crippen MR) is 83.7 cm³/mol. The third-order valence-electron chi connectivity index (χ3n) is 4.08. The number of benzene rings is 1. The van der Waals surface area contributed by atoms with E-state index in [4.69, 9.17) is 21.8 Å². The van der Waals surface area contributed by atoms with Crippen LogP contribution in [0.2, 0.25) is 5.02 Å². The van der Waals surface area contributed by atoms with E-state index in [0.717, 1.165) is 18.2 Å². The Kier molecular flexibility index (Phi) is 4.07. The summed E-state index contributed by atoms with van der Waals surface area (Å²) in [5.74, 6) is 0.199. The largest absolute Gasteiger partial charge is 0.451 e. The number of fused-ring (bicyclic) bond motifs is 1. The third-order valence-corrected chi connectivity index (χ3v) is 4.32. The Morgan fingerprint density at radius 2 is 2.00 bits per heavy atom. The molecule has 0 spiro atoms. The van der Waals surface area contributed by atoms with Crippen LogP contribution >= 0.6 is 11.6 Å². The summed E-state index contributed by atoms with van der Waals surface area (Å²) < 4.78 is 5.61. The van der Waals surface area contributed by atoms with Gasteiger partial charge in [-0.2, -0.15) is 0 Å². The molecule has 1 saturated heterocycles. The van der Waals surface area contributed by atoms with Crippen LogP contribution in [0.4, 0.5) is 0 Å². The molecule has 2 amide bonds. The molecule has 0 saturated carbocycles. The van der Waals surface area contributed by atoms with Crippen LogP contribution in [0.3, 0.4) is 0 Å². The predicted octanol–water partition coefficient (Wildman–Crippen LogP) is 2.81. The Labute approximate surface area is 133 Å². The molecule has 22 heavy (non-hydrogen) atoms. The van der Waals surface area contributed by atoms with Gasteiger partial charge in [0.15, 0.2) is 5.76 Å². The number of nitrogens with zero attached hydrogens (tertiary/aromatic N) is 1. The molecule has 2 aromatic rings. The lowest BCUT2D eigenvalue weighted by Crippen LogP contribution is -2.39. The Hall–Kier alpha value is -2.01. The number of piperidine rings is 1. The lowest BCUT2D eigenvalue weighted by atomic mass is 9.93. The van der Waals surface area contributed by atoms with Gasteiger partial charge in [0.25, 0.3) is 5.91 Å². The van der Waals surface area contributed by atoms with Crippen molar-refractivity contribution in [1.82, 2.24) is 4.90 Å². The highest BCUT2D eigenvalue weighted by atomic mass is 35.5. The van der Waals surface area contributed by atoms with Gasteiger partial charge in [-0.25, -0.2) is 0 Å². The SMILES string of the molecule is NC(=O)CC1CCN(C(=O)c2cc3cc(Cl)ccc3o2)CC1. The second-order valence-electron chi connectivity index (χ2n) is 5.70. The summed E-state index contributed by atoms with van der Waals surface area (Å²) >= 11 is 5.94. The number of furan rings is 1. The fourth-order valence-electron chi connectivity index (χ4n) is 2.90. The van der Waals surface area contributed by atoms with E-state index >= 15 is 0 Å². The van der Waals surface area contributed by atoms with Gasteiger partial charge in [-0.1, -0.05) is 11.6 Å². The van der Waals surface area contributed by atoms with Crippen molar-refractivity contribution in [3.05, 3.63) is 35.0 Å². The van der Waals surface area contributed by atoms with Crippen LogP contribution in [0.15, 0.2) is 28.7 Å². The molecule has 2 heterocycles. The van der Waals surface area contributed by atoms with E-state index in [1.54, 1.807) is 29.2 Å². The molecule has 3 rings (SSSR count). The first-order chi connectivity index (χ1) is 10.5. The average Bonchev–Trinajstić information content (AvgIpc) is 2.89. The summed E-state index contributed by atoms with van der Waals surface area (Å²) in [4.78, 5) is 25.2. The minimum Gasteiger partial charge on any atom is -0.451 e. The van der Waals surface area contributed by atoms with Gasteiger partial charge < -0.3 is 15.1 Å². The van der Waals surface area contributed by atoms with Crippen molar-refractivity contribution >= 4 is 34.4 Å². The highest BCUT2D eigenvalue weighted by Gasteiger charge is 2.26. The Morgan fingerprint density at radius 3 is 2.68 bits per heavy atom. The number of likely N-dealkylation sites (tertiary alicyclic amines) is 1. The van der Waals surface area contributed by atoms with Crippen molar-refractivity contribution in [3.8, 4) is 0 Å². The molecule has 1 aromatic carbocycles. The Bertz CT molecular complexity index is 717. The van der Waals surface area contributed by atoms with Gasteiger partial charge in [-0.3, -0.25) is 9.59 Å². The lowest BCUT2D eigenvalue weighted by molar-refractivity contribution is -0.119. The summed E-state index contributed by atoms with van der Waals surface area (Å²) in [6.45, 7) is 1.24. The first-order valence-electron chi connectivity index (χ1n) is 7.29. The Balaban J connectivity index is 1.69. The molecule has 2 N–H and O–H groups in total. The quantitative estimate of drug-likeness (QED) is 0.944. The maximum Gasteiger partial charge on any atom is 0.289 e. The number of amides is 2. The van der Waals surface area contributed by atoms with E-state index in [1.165, 1.54) is 0 Å². The van der Waals surface area contributed by atoms with Gasteiger partial charge in [0.05, 0.1) is 0 Å². The fourth-order valence-corrected chi connectivity index (χ4v) is 3.08. The number of carbonyl (C=O) groups excluding carboxylic acids is 2. The van der Waals surface area contributed by atoms with E-state index in [-0.39, 0.29) is 17.7 Å². The third kappa shape index (κ3) is 3.09. The van der Waals surface area contributed by atoms with E-state index < -0.39 is 0 Å². The number of carbonyl (C=O) groups is 2. The van der Waals surface area contributed by atoms with Crippen LogP contribution in [-0.4, -0.2) is 29.8 Å². The molecule has 1 aromatic heterocycles. The van der Waals surface area contributed by atoms with Crippen LogP contribution < -0.4 is 5.73 Å². The molecule has 0 unspecified atom stereocenters.